The lowest BCUT2D eigenvalue weighted by atomic mass is 10.2. The van der Waals surface area contributed by atoms with Crippen molar-refractivity contribution in [2.75, 3.05) is 5.32 Å². The van der Waals surface area contributed by atoms with Crippen LogP contribution in [-0.4, -0.2) is 17.1 Å². The predicted octanol–water partition coefficient (Wildman–Crippen LogP) is 2.47. The molecule has 0 radical (unpaired) electrons. The highest BCUT2D eigenvalue weighted by Gasteiger charge is 2.10. The zero-order valence-electron chi connectivity index (χ0n) is 7.42. The van der Waals surface area contributed by atoms with Crippen LogP contribution in [0.4, 0.5) is 10.1 Å². The zero-order chi connectivity index (χ0) is 10.7. The molecule has 0 spiro atoms. The molecule has 5 heteroatoms. The molecule has 1 aromatic rings. The van der Waals surface area contributed by atoms with Crippen LogP contribution in [0.2, 0.25) is 0 Å². The molecule has 0 saturated carbocycles. The van der Waals surface area contributed by atoms with Crippen molar-refractivity contribution in [1.29, 1.82) is 0 Å². The number of aliphatic carboxylic acids is 1. The lowest BCUT2D eigenvalue weighted by Crippen LogP contribution is -2.25. The van der Waals surface area contributed by atoms with E-state index in [9.17, 15) is 9.18 Å². The molecule has 0 heterocycles. The second kappa shape index (κ2) is 4.41. The largest absolute Gasteiger partial charge is 0.480 e. The van der Waals surface area contributed by atoms with E-state index in [1.807, 2.05) is 0 Å². The Hall–Kier alpha value is -1.10. The highest BCUT2D eigenvalue weighted by atomic mass is 79.9. The molecule has 0 saturated heterocycles. The second-order valence-corrected chi connectivity index (χ2v) is 3.69. The van der Waals surface area contributed by atoms with E-state index >= 15 is 0 Å². The van der Waals surface area contributed by atoms with E-state index < -0.39 is 12.0 Å². The molecule has 1 rings (SSSR count). The van der Waals surface area contributed by atoms with Gasteiger partial charge in [-0.2, -0.15) is 0 Å². The first-order valence-corrected chi connectivity index (χ1v) is 4.74. The Morgan fingerprint density at radius 2 is 2.29 bits per heavy atom. The summed E-state index contributed by atoms with van der Waals surface area (Å²) in [5.74, 6) is -1.33. The number of anilines is 1. The summed E-state index contributed by atoms with van der Waals surface area (Å²) in [5, 5.41) is 11.3. The minimum absolute atomic E-state index is 0.306. The summed E-state index contributed by atoms with van der Waals surface area (Å²) in [7, 11) is 0. The van der Waals surface area contributed by atoms with Gasteiger partial charge in [-0.15, -0.1) is 0 Å². The highest BCUT2D eigenvalue weighted by Crippen LogP contribution is 2.20. The summed E-state index contributed by atoms with van der Waals surface area (Å²) in [4.78, 5) is 10.5. The first kappa shape index (κ1) is 11.0. The number of halogens is 2. The molecule has 0 amide bonds. The smallest absolute Gasteiger partial charge is 0.325 e. The summed E-state index contributed by atoms with van der Waals surface area (Å²) < 4.78 is 13.1. The summed E-state index contributed by atoms with van der Waals surface area (Å²) in [6.45, 7) is 1.51. The van der Waals surface area contributed by atoms with Crippen molar-refractivity contribution < 1.29 is 14.3 Å². The summed E-state index contributed by atoms with van der Waals surface area (Å²) in [5.41, 5.74) is 0.563. The van der Waals surface area contributed by atoms with E-state index in [1.54, 1.807) is 0 Å². The van der Waals surface area contributed by atoms with Crippen LogP contribution in [0.5, 0.6) is 0 Å². The fourth-order valence-electron chi connectivity index (χ4n) is 0.898. The quantitative estimate of drug-likeness (QED) is 0.879. The minimum atomic E-state index is -0.953. The van der Waals surface area contributed by atoms with Crippen LogP contribution in [0.15, 0.2) is 22.7 Å². The first-order valence-electron chi connectivity index (χ1n) is 3.95. The number of carboxylic acids is 1. The molecule has 14 heavy (non-hydrogen) atoms. The minimum Gasteiger partial charge on any atom is -0.480 e. The molecule has 0 aliphatic rings. The Labute approximate surface area is 89.1 Å². The Balaban J connectivity index is 2.78. The molecule has 1 atom stereocenters. The maximum atomic E-state index is 12.8. The van der Waals surface area contributed by atoms with Gasteiger partial charge < -0.3 is 10.4 Å². The van der Waals surface area contributed by atoms with Crippen molar-refractivity contribution in [3.8, 4) is 0 Å². The number of hydrogen-bond acceptors (Lipinski definition) is 2. The fourth-order valence-corrected chi connectivity index (χ4v) is 1.28. The van der Waals surface area contributed by atoms with Crippen molar-refractivity contribution in [3.05, 3.63) is 28.5 Å². The van der Waals surface area contributed by atoms with Crippen LogP contribution in [-0.2, 0) is 4.79 Å². The fraction of sp³-hybridized carbons (Fsp3) is 0.222. The average Bonchev–Trinajstić information content (AvgIpc) is 2.11. The Kier molecular flexibility index (Phi) is 3.46. The number of rotatable bonds is 3. The van der Waals surface area contributed by atoms with Crippen LogP contribution in [0.1, 0.15) is 6.92 Å². The maximum absolute atomic E-state index is 12.8. The molecule has 76 valence electrons. The van der Waals surface area contributed by atoms with Crippen LogP contribution in [0, 0.1) is 5.82 Å². The number of carboxylic acid groups (broad SMARTS) is 1. The van der Waals surface area contributed by atoms with Gasteiger partial charge in [0, 0.05) is 5.69 Å². The summed E-state index contributed by atoms with van der Waals surface area (Å²) in [6.07, 6.45) is 0. The zero-order valence-corrected chi connectivity index (χ0v) is 9.01. The topological polar surface area (TPSA) is 49.3 Å². The maximum Gasteiger partial charge on any atom is 0.325 e. The average molecular weight is 262 g/mol. The van der Waals surface area contributed by atoms with Gasteiger partial charge in [0.05, 0.1) is 4.47 Å². The van der Waals surface area contributed by atoms with Crippen molar-refractivity contribution in [2.24, 2.45) is 0 Å². The van der Waals surface area contributed by atoms with Crippen LogP contribution in [0.3, 0.4) is 0 Å². The molecule has 0 aromatic heterocycles. The first-order chi connectivity index (χ1) is 6.50. The van der Waals surface area contributed by atoms with Gasteiger partial charge in [0.1, 0.15) is 11.9 Å². The van der Waals surface area contributed by atoms with Crippen molar-refractivity contribution in [1.82, 2.24) is 0 Å². The van der Waals surface area contributed by atoms with E-state index in [1.165, 1.54) is 25.1 Å². The van der Waals surface area contributed by atoms with E-state index in [-0.39, 0.29) is 5.82 Å². The highest BCUT2D eigenvalue weighted by molar-refractivity contribution is 9.10. The van der Waals surface area contributed by atoms with Crippen LogP contribution < -0.4 is 5.32 Å². The normalized spacial score (nSPS) is 12.2. The van der Waals surface area contributed by atoms with Gasteiger partial charge in [0.25, 0.3) is 0 Å². The number of benzene rings is 1. The molecular formula is C9H9BrFNO2. The monoisotopic (exact) mass is 261 g/mol. The van der Waals surface area contributed by atoms with Crippen LogP contribution in [0.25, 0.3) is 0 Å². The van der Waals surface area contributed by atoms with E-state index in [0.717, 1.165) is 0 Å². The number of hydrogen-bond donors (Lipinski definition) is 2. The number of carbonyl (C=O) groups is 1. The van der Waals surface area contributed by atoms with Crippen molar-refractivity contribution >= 4 is 27.6 Å². The van der Waals surface area contributed by atoms with Crippen molar-refractivity contribution in [2.45, 2.75) is 13.0 Å². The third kappa shape index (κ3) is 2.70. The van der Waals surface area contributed by atoms with Gasteiger partial charge in [0.2, 0.25) is 0 Å². The Morgan fingerprint density at radius 1 is 1.64 bits per heavy atom. The Morgan fingerprint density at radius 3 is 2.79 bits per heavy atom. The third-order valence-corrected chi connectivity index (χ3v) is 2.28. The van der Waals surface area contributed by atoms with Gasteiger partial charge >= 0.3 is 5.97 Å². The molecule has 0 aliphatic heterocycles. The summed E-state index contributed by atoms with van der Waals surface area (Å²) in [6, 6.07) is 3.54. The molecule has 0 fully saturated rings. The lowest BCUT2D eigenvalue weighted by Gasteiger charge is -2.10. The van der Waals surface area contributed by atoms with Crippen molar-refractivity contribution in [3.63, 3.8) is 0 Å². The number of nitrogens with one attached hydrogen (secondary N) is 1. The SMILES string of the molecule is CC(Nc1ccc(F)c(Br)c1)C(=O)O. The second-order valence-electron chi connectivity index (χ2n) is 2.83. The van der Waals surface area contributed by atoms with E-state index in [2.05, 4.69) is 21.2 Å². The van der Waals surface area contributed by atoms with Crippen LogP contribution >= 0.6 is 15.9 Å². The van der Waals surface area contributed by atoms with Gasteiger partial charge in [0.15, 0.2) is 0 Å². The van der Waals surface area contributed by atoms with E-state index in [4.69, 9.17) is 5.11 Å². The molecule has 3 nitrogen and oxygen atoms in total. The van der Waals surface area contributed by atoms with Gasteiger partial charge in [-0.05, 0) is 41.1 Å². The molecule has 1 aromatic carbocycles. The predicted molar refractivity (Wildman–Crippen MR) is 54.8 cm³/mol. The molecule has 0 bridgehead atoms. The van der Waals surface area contributed by atoms with E-state index in [0.29, 0.717) is 10.2 Å². The van der Waals surface area contributed by atoms with Gasteiger partial charge in [-0.1, -0.05) is 0 Å². The molecular weight excluding hydrogens is 253 g/mol. The standard InChI is InChI=1S/C9H9BrFNO2/c1-5(9(13)14)12-6-2-3-8(11)7(10)4-6/h2-5,12H,1H3,(H,13,14). The molecule has 2 N–H and O–H groups in total. The van der Waals surface area contributed by atoms with Gasteiger partial charge in [-0.25, -0.2) is 4.39 Å². The molecule has 0 aliphatic carbocycles. The molecule has 1 unspecified atom stereocenters. The lowest BCUT2D eigenvalue weighted by molar-refractivity contribution is -0.137. The van der Waals surface area contributed by atoms with Gasteiger partial charge in [-0.3, -0.25) is 4.79 Å². The summed E-state index contributed by atoms with van der Waals surface area (Å²) >= 11 is 3.01. The third-order valence-electron chi connectivity index (χ3n) is 1.67. The Bertz CT molecular complexity index is 357.